The molecule has 2 aliphatic carbocycles. The fraction of sp³-hybridized carbons (Fsp3) is 0.692. The molecule has 6 nitrogen and oxygen atoms in total. The highest BCUT2D eigenvalue weighted by atomic mass is 15.6. The Morgan fingerprint density at radius 3 is 3.05 bits per heavy atom. The third-order valence-electron chi connectivity index (χ3n) is 4.88. The van der Waals surface area contributed by atoms with Crippen molar-refractivity contribution in [1.29, 1.82) is 0 Å². The van der Waals surface area contributed by atoms with Crippen LogP contribution >= 0.6 is 0 Å². The molecule has 0 spiro atoms. The van der Waals surface area contributed by atoms with Crippen LogP contribution in [-0.2, 0) is 0 Å². The fourth-order valence-electron chi connectivity index (χ4n) is 3.97. The lowest BCUT2D eigenvalue weighted by atomic mass is 9.84. The number of anilines is 1. The summed E-state index contributed by atoms with van der Waals surface area (Å²) in [6, 6.07) is 4.31. The lowest BCUT2D eigenvalue weighted by molar-refractivity contribution is 0.303. The van der Waals surface area contributed by atoms with E-state index in [2.05, 4.69) is 32.9 Å². The van der Waals surface area contributed by atoms with Crippen LogP contribution in [0.4, 0.5) is 5.82 Å². The molecule has 2 heterocycles. The van der Waals surface area contributed by atoms with Crippen molar-refractivity contribution < 1.29 is 0 Å². The van der Waals surface area contributed by atoms with Crippen molar-refractivity contribution in [3.8, 4) is 0 Å². The summed E-state index contributed by atoms with van der Waals surface area (Å²) in [5, 5.41) is 19.2. The van der Waals surface area contributed by atoms with Gasteiger partial charge in [-0.05, 0) is 66.5 Å². The van der Waals surface area contributed by atoms with Gasteiger partial charge in [0.05, 0.1) is 0 Å². The summed E-state index contributed by atoms with van der Waals surface area (Å²) in [6.45, 7) is 2.27. The highest BCUT2D eigenvalue weighted by Crippen LogP contribution is 2.49. The van der Waals surface area contributed by atoms with E-state index in [1.165, 1.54) is 30.3 Å². The molecule has 19 heavy (non-hydrogen) atoms. The van der Waals surface area contributed by atoms with E-state index in [0.29, 0.717) is 11.7 Å². The number of aromatic nitrogens is 5. The van der Waals surface area contributed by atoms with Gasteiger partial charge in [-0.15, -0.1) is 14.8 Å². The van der Waals surface area contributed by atoms with Gasteiger partial charge in [0.2, 0.25) is 0 Å². The third-order valence-corrected chi connectivity index (χ3v) is 4.88. The van der Waals surface area contributed by atoms with Crippen LogP contribution in [0.25, 0.3) is 5.65 Å². The second-order valence-corrected chi connectivity index (χ2v) is 6.02. The van der Waals surface area contributed by atoms with Crippen molar-refractivity contribution in [1.82, 2.24) is 25.3 Å². The number of rotatable bonds is 3. The van der Waals surface area contributed by atoms with Crippen LogP contribution in [0.2, 0.25) is 0 Å². The summed E-state index contributed by atoms with van der Waals surface area (Å²) in [7, 11) is 0. The Morgan fingerprint density at radius 2 is 2.26 bits per heavy atom. The van der Waals surface area contributed by atoms with Crippen LogP contribution in [0.15, 0.2) is 12.1 Å². The minimum atomic E-state index is 0.469. The second kappa shape index (κ2) is 4.15. The first-order valence-corrected chi connectivity index (χ1v) is 7.11. The van der Waals surface area contributed by atoms with Crippen LogP contribution < -0.4 is 5.32 Å². The molecule has 2 aromatic heterocycles. The van der Waals surface area contributed by atoms with Gasteiger partial charge in [-0.2, -0.15) is 0 Å². The van der Waals surface area contributed by atoms with E-state index in [0.717, 1.165) is 23.6 Å². The number of tetrazole rings is 1. The smallest absolute Gasteiger partial charge is 0.200 e. The minimum absolute atomic E-state index is 0.469. The van der Waals surface area contributed by atoms with Crippen LogP contribution in [0, 0.1) is 17.8 Å². The Balaban J connectivity index is 1.50. The number of hydrogen-bond acceptors (Lipinski definition) is 5. The number of hydrogen-bond donors (Lipinski definition) is 1. The number of fused-ring (bicyclic) bond motifs is 3. The molecule has 0 aromatic carbocycles. The van der Waals surface area contributed by atoms with Gasteiger partial charge in [0.1, 0.15) is 5.82 Å². The molecular weight excluding hydrogens is 240 g/mol. The summed E-state index contributed by atoms with van der Waals surface area (Å²) in [6.07, 6.45) is 5.69. The Hall–Kier alpha value is -1.72. The second-order valence-electron chi connectivity index (χ2n) is 6.02. The van der Waals surface area contributed by atoms with E-state index in [9.17, 15) is 0 Å². The monoisotopic (exact) mass is 258 g/mol. The van der Waals surface area contributed by atoms with Crippen molar-refractivity contribution >= 4 is 11.5 Å². The normalized spacial score (nSPS) is 30.9. The zero-order valence-electron chi connectivity index (χ0n) is 11.0. The molecule has 6 heteroatoms. The van der Waals surface area contributed by atoms with Gasteiger partial charge in [-0.25, -0.2) is 0 Å². The van der Waals surface area contributed by atoms with Gasteiger partial charge in [0.15, 0.2) is 5.65 Å². The average molecular weight is 258 g/mol. The predicted octanol–water partition coefficient (Wildman–Crippen LogP) is 1.76. The quantitative estimate of drug-likeness (QED) is 0.908. The van der Waals surface area contributed by atoms with Gasteiger partial charge < -0.3 is 5.32 Å². The molecule has 2 aromatic rings. The van der Waals surface area contributed by atoms with Crippen LogP contribution in [0.5, 0.6) is 0 Å². The molecule has 0 amide bonds. The minimum Gasteiger partial charge on any atom is -0.366 e. The lowest BCUT2D eigenvalue weighted by Crippen LogP contribution is -2.30. The number of nitrogens with one attached hydrogen (secondary N) is 1. The van der Waals surface area contributed by atoms with Gasteiger partial charge >= 0.3 is 0 Å². The average Bonchev–Trinajstić information content (AvgIpc) is 3.13. The molecule has 4 atom stereocenters. The van der Waals surface area contributed by atoms with Crippen molar-refractivity contribution in [2.24, 2.45) is 17.8 Å². The fourth-order valence-corrected chi connectivity index (χ4v) is 3.97. The molecule has 0 radical (unpaired) electrons. The largest absolute Gasteiger partial charge is 0.366 e. The van der Waals surface area contributed by atoms with E-state index in [-0.39, 0.29) is 0 Å². The molecule has 2 saturated carbocycles. The topological polar surface area (TPSA) is 68.0 Å². The maximum atomic E-state index is 4.38. The predicted molar refractivity (Wildman–Crippen MR) is 70.6 cm³/mol. The van der Waals surface area contributed by atoms with Crippen molar-refractivity contribution in [3.63, 3.8) is 0 Å². The summed E-state index contributed by atoms with van der Waals surface area (Å²) >= 11 is 0. The van der Waals surface area contributed by atoms with Gasteiger partial charge in [-0.3, -0.25) is 0 Å². The first-order valence-electron chi connectivity index (χ1n) is 7.11. The molecule has 2 aliphatic rings. The van der Waals surface area contributed by atoms with E-state index in [1.807, 2.05) is 12.1 Å². The maximum absolute atomic E-state index is 4.38. The molecule has 0 aliphatic heterocycles. The van der Waals surface area contributed by atoms with Crippen molar-refractivity contribution in [3.05, 3.63) is 12.1 Å². The molecular formula is C13H18N6. The lowest BCUT2D eigenvalue weighted by Gasteiger charge is -2.28. The maximum Gasteiger partial charge on any atom is 0.200 e. The molecule has 2 fully saturated rings. The Morgan fingerprint density at radius 1 is 1.32 bits per heavy atom. The van der Waals surface area contributed by atoms with Crippen molar-refractivity contribution in [2.45, 2.75) is 38.6 Å². The summed E-state index contributed by atoms with van der Waals surface area (Å²) in [5.41, 5.74) is 0.679. The van der Waals surface area contributed by atoms with Gasteiger partial charge in [0.25, 0.3) is 0 Å². The summed E-state index contributed by atoms with van der Waals surface area (Å²) in [4.78, 5) is 0. The zero-order valence-corrected chi connectivity index (χ0v) is 11.0. The first kappa shape index (κ1) is 11.1. The highest BCUT2D eigenvalue weighted by molar-refractivity contribution is 5.42. The van der Waals surface area contributed by atoms with Gasteiger partial charge in [0, 0.05) is 6.04 Å². The molecule has 0 saturated heterocycles. The van der Waals surface area contributed by atoms with Crippen LogP contribution in [-0.4, -0.2) is 31.3 Å². The zero-order chi connectivity index (χ0) is 12.8. The highest BCUT2D eigenvalue weighted by Gasteiger charge is 2.41. The summed E-state index contributed by atoms with van der Waals surface area (Å²) < 4.78 is 1.47. The Bertz CT molecular complexity index is 594. The molecule has 4 rings (SSSR count). The van der Waals surface area contributed by atoms with E-state index in [4.69, 9.17) is 0 Å². The molecule has 100 valence electrons. The molecule has 0 unspecified atom stereocenters. The Kier molecular flexibility index (Phi) is 2.43. The Labute approximate surface area is 111 Å². The van der Waals surface area contributed by atoms with Crippen LogP contribution in [0.3, 0.4) is 0 Å². The van der Waals surface area contributed by atoms with Crippen molar-refractivity contribution in [2.75, 3.05) is 5.32 Å². The SMILES string of the molecule is C[C@H](Nc1ccc2nnnn2n1)[C@@H]1C[C@H]2CC[C@H]1C2. The van der Waals surface area contributed by atoms with Gasteiger partial charge in [-0.1, -0.05) is 6.42 Å². The van der Waals surface area contributed by atoms with E-state index < -0.39 is 0 Å². The van der Waals surface area contributed by atoms with E-state index in [1.54, 1.807) is 0 Å². The molecule has 1 N–H and O–H groups in total. The van der Waals surface area contributed by atoms with Crippen LogP contribution in [0.1, 0.15) is 32.6 Å². The van der Waals surface area contributed by atoms with E-state index >= 15 is 0 Å². The summed E-state index contributed by atoms with van der Waals surface area (Å²) in [5.74, 6) is 3.55. The standard InChI is InChI=1S/C13H18N6/c1-8(11-7-9-2-3-10(11)6-9)14-12-4-5-13-15-17-18-19(13)16-12/h4-5,8-11H,2-3,6-7H2,1H3,(H,14,16)/t8-,9-,10-,11-/m0/s1. The number of nitrogens with zero attached hydrogens (tertiary/aromatic N) is 5. The first-order chi connectivity index (χ1) is 9.29. The molecule has 2 bridgehead atoms. The third kappa shape index (κ3) is 1.86.